The summed E-state index contributed by atoms with van der Waals surface area (Å²) < 4.78 is 13.1. The Balaban J connectivity index is 2.09. The SMILES string of the molecule is CN1CCC(Cc2ccc(C(=O)Cl)cc2CF)CC1. The molecule has 1 aliphatic heterocycles. The molecular weight excluding hydrogens is 265 g/mol. The standard InChI is InChI=1S/C15H19ClFNO/c1-18-6-4-11(5-7-18)8-12-2-3-13(15(16)19)9-14(12)10-17/h2-3,9,11H,4-8,10H2,1H3. The van der Waals surface area contributed by atoms with Crippen molar-refractivity contribution in [1.82, 2.24) is 4.90 Å². The molecule has 1 fully saturated rings. The maximum Gasteiger partial charge on any atom is 0.252 e. The molecule has 0 spiro atoms. The molecule has 1 heterocycles. The Morgan fingerprint density at radius 1 is 1.37 bits per heavy atom. The number of halogens is 2. The number of hydrogen-bond acceptors (Lipinski definition) is 2. The molecule has 2 nitrogen and oxygen atoms in total. The monoisotopic (exact) mass is 283 g/mol. The topological polar surface area (TPSA) is 20.3 Å². The van der Waals surface area contributed by atoms with Gasteiger partial charge < -0.3 is 4.90 Å². The van der Waals surface area contributed by atoms with E-state index in [9.17, 15) is 9.18 Å². The van der Waals surface area contributed by atoms with Crippen LogP contribution in [0.1, 0.15) is 34.3 Å². The van der Waals surface area contributed by atoms with Gasteiger partial charge in [0.2, 0.25) is 0 Å². The second-order valence-electron chi connectivity index (χ2n) is 5.34. The third-order valence-corrected chi connectivity index (χ3v) is 4.14. The summed E-state index contributed by atoms with van der Waals surface area (Å²) in [6, 6.07) is 5.13. The number of nitrogens with zero attached hydrogens (tertiary/aromatic N) is 1. The molecule has 0 amide bonds. The van der Waals surface area contributed by atoms with Gasteiger partial charge in [-0.2, -0.15) is 0 Å². The normalized spacial score (nSPS) is 17.6. The van der Waals surface area contributed by atoms with Crippen molar-refractivity contribution in [3.05, 3.63) is 34.9 Å². The van der Waals surface area contributed by atoms with Gasteiger partial charge in [-0.3, -0.25) is 4.79 Å². The summed E-state index contributed by atoms with van der Waals surface area (Å²) in [5, 5.41) is -0.527. The van der Waals surface area contributed by atoms with E-state index in [1.165, 1.54) is 0 Å². The van der Waals surface area contributed by atoms with E-state index in [-0.39, 0.29) is 0 Å². The van der Waals surface area contributed by atoms with Gasteiger partial charge in [-0.05, 0) is 80.2 Å². The zero-order valence-electron chi connectivity index (χ0n) is 11.2. The van der Waals surface area contributed by atoms with Crippen LogP contribution < -0.4 is 0 Å². The molecule has 0 aromatic heterocycles. The van der Waals surface area contributed by atoms with Crippen LogP contribution in [0.3, 0.4) is 0 Å². The zero-order chi connectivity index (χ0) is 13.8. The summed E-state index contributed by atoms with van der Waals surface area (Å²) in [6.45, 7) is 1.67. The molecule has 0 saturated carbocycles. The van der Waals surface area contributed by atoms with Gasteiger partial charge in [-0.25, -0.2) is 4.39 Å². The summed E-state index contributed by atoms with van der Waals surface area (Å²) in [7, 11) is 2.13. The van der Waals surface area contributed by atoms with E-state index in [4.69, 9.17) is 11.6 Å². The third kappa shape index (κ3) is 3.77. The van der Waals surface area contributed by atoms with Crippen molar-refractivity contribution < 1.29 is 9.18 Å². The summed E-state index contributed by atoms with van der Waals surface area (Å²) in [5.41, 5.74) is 1.99. The summed E-state index contributed by atoms with van der Waals surface area (Å²) in [4.78, 5) is 13.4. The van der Waals surface area contributed by atoms with Crippen molar-refractivity contribution in [2.75, 3.05) is 20.1 Å². The van der Waals surface area contributed by atoms with E-state index >= 15 is 0 Å². The van der Waals surface area contributed by atoms with Gasteiger partial charge in [-0.1, -0.05) is 6.07 Å². The van der Waals surface area contributed by atoms with E-state index in [2.05, 4.69) is 11.9 Å². The van der Waals surface area contributed by atoms with Gasteiger partial charge in [0.25, 0.3) is 5.24 Å². The zero-order valence-corrected chi connectivity index (χ0v) is 11.9. The maximum absolute atomic E-state index is 13.1. The van der Waals surface area contributed by atoms with Crippen LogP contribution in [-0.4, -0.2) is 30.3 Å². The molecule has 0 aliphatic carbocycles. The Labute approximate surface area is 118 Å². The number of alkyl halides is 1. The lowest BCUT2D eigenvalue weighted by atomic mass is 9.88. The predicted octanol–water partition coefficient (Wildman–Crippen LogP) is 3.42. The highest BCUT2D eigenvalue weighted by Gasteiger charge is 2.18. The number of benzene rings is 1. The lowest BCUT2D eigenvalue weighted by Crippen LogP contribution is -2.31. The van der Waals surface area contributed by atoms with Crippen LogP contribution in [0.25, 0.3) is 0 Å². The van der Waals surface area contributed by atoms with Gasteiger partial charge in [0, 0.05) is 5.56 Å². The second kappa shape index (κ2) is 6.49. The Hall–Kier alpha value is -0.930. The highest BCUT2D eigenvalue weighted by Crippen LogP contribution is 2.24. The molecule has 0 unspecified atom stereocenters. The highest BCUT2D eigenvalue weighted by molar-refractivity contribution is 6.67. The number of hydrogen-bond donors (Lipinski definition) is 0. The van der Waals surface area contributed by atoms with Gasteiger partial charge in [-0.15, -0.1) is 0 Å². The van der Waals surface area contributed by atoms with Crippen LogP contribution in [0, 0.1) is 5.92 Å². The highest BCUT2D eigenvalue weighted by atomic mass is 35.5. The largest absolute Gasteiger partial charge is 0.306 e. The first-order valence-corrected chi connectivity index (χ1v) is 7.04. The van der Waals surface area contributed by atoms with E-state index in [1.54, 1.807) is 12.1 Å². The molecule has 1 aromatic carbocycles. The molecule has 19 heavy (non-hydrogen) atoms. The van der Waals surface area contributed by atoms with Crippen molar-refractivity contribution in [3.63, 3.8) is 0 Å². The first-order chi connectivity index (χ1) is 9.10. The summed E-state index contributed by atoms with van der Waals surface area (Å²) >= 11 is 5.43. The fourth-order valence-electron chi connectivity index (χ4n) is 2.65. The Morgan fingerprint density at radius 2 is 2.05 bits per heavy atom. The number of piperidine rings is 1. The number of rotatable bonds is 4. The number of likely N-dealkylation sites (tertiary alicyclic amines) is 1. The summed E-state index contributed by atoms with van der Waals surface area (Å²) in [6.07, 6.45) is 3.20. The van der Waals surface area contributed by atoms with Crippen LogP contribution in [0.2, 0.25) is 0 Å². The second-order valence-corrected chi connectivity index (χ2v) is 5.68. The molecule has 0 atom stereocenters. The molecule has 0 bridgehead atoms. The molecule has 4 heteroatoms. The lowest BCUT2D eigenvalue weighted by molar-refractivity contribution is 0.108. The van der Waals surface area contributed by atoms with Crippen molar-refractivity contribution in [2.24, 2.45) is 5.92 Å². The van der Waals surface area contributed by atoms with Crippen molar-refractivity contribution >= 4 is 16.8 Å². The molecule has 1 saturated heterocycles. The number of carbonyl (C=O) groups excluding carboxylic acids is 1. The van der Waals surface area contributed by atoms with Crippen LogP contribution >= 0.6 is 11.6 Å². The van der Waals surface area contributed by atoms with Crippen molar-refractivity contribution in [3.8, 4) is 0 Å². The fraction of sp³-hybridized carbons (Fsp3) is 0.533. The van der Waals surface area contributed by atoms with E-state index in [0.29, 0.717) is 17.0 Å². The predicted molar refractivity (Wildman–Crippen MR) is 75.4 cm³/mol. The molecule has 1 aromatic rings. The van der Waals surface area contributed by atoms with Gasteiger partial charge >= 0.3 is 0 Å². The van der Waals surface area contributed by atoms with E-state index < -0.39 is 11.9 Å². The van der Waals surface area contributed by atoms with Gasteiger partial charge in [0.1, 0.15) is 6.67 Å². The average molecular weight is 284 g/mol. The van der Waals surface area contributed by atoms with E-state index in [1.807, 2.05) is 6.07 Å². The summed E-state index contributed by atoms with van der Waals surface area (Å²) in [5.74, 6) is 0.610. The minimum atomic E-state index is -0.542. The Morgan fingerprint density at radius 3 is 2.63 bits per heavy atom. The van der Waals surface area contributed by atoms with Gasteiger partial charge in [0.15, 0.2) is 0 Å². The lowest BCUT2D eigenvalue weighted by Gasteiger charge is -2.29. The quantitative estimate of drug-likeness (QED) is 0.789. The first-order valence-electron chi connectivity index (χ1n) is 6.66. The smallest absolute Gasteiger partial charge is 0.252 e. The minimum Gasteiger partial charge on any atom is -0.306 e. The maximum atomic E-state index is 13.1. The van der Waals surface area contributed by atoms with E-state index in [0.717, 1.165) is 37.9 Å². The van der Waals surface area contributed by atoms with Gasteiger partial charge in [0.05, 0.1) is 0 Å². The minimum absolute atomic E-state index is 0.376. The van der Waals surface area contributed by atoms with Crippen molar-refractivity contribution in [1.29, 1.82) is 0 Å². The molecule has 104 valence electrons. The van der Waals surface area contributed by atoms with Crippen LogP contribution in [-0.2, 0) is 13.1 Å². The van der Waals surface area contributed by atoms with Crippen LogP contribution in [0.15, 0.2) is 18.2 Å². The Kier molecular flexibility index (Phi) is 4.94. The molecule has 2 rings (SSSR count). The average Bonchev–Trinajstić information content (AvgIpc) is 2.41. The molecule has 0 N–H and O–H groups in total. The van der Waals surface area contributed by atoms with Crippen molar-refractivity contribution in [2.45, 2.75) is 25.9 Å². The third-order valence-electron chi connectivity index (χ3n) is 3.92. The van der Waals surface area contributed by atoms with Crippen LogP contribution in [0.5, 0.6) is 0 Å². The fourth-order valence-corrected chi connectivity index (χ4v) is 2.77. The van der Waals surface area contributed by atoms with Crippen LogP contribution in [0.4, 0.5) is 4.39 Å². The Bertz CT molecular complexity index is 455. The molecule has 1 aliphatic rings. The first kappa shape index (κ1) is 14.5. The number of carbonyl (C=O) groups is 1. The molecular formula is C15H19ClFNO. The molecule has 0 radical (unpaired) electrons.